The number of hydrogen-bond donors (Lipinski definition) is 1. The van der Waals surface area contributed by atoms with Gasteiger partial charge in [-0.15, -0.1) is 0 Å². The van der Waals surface area contributed by atoms with E-state index in [9.17, 15) is 9.59 Å². The molecule has 0 saturated carbocycles. The van der Waals surface area contributed by atoms with Gasteiger partial charge in [0.05, 0.1) is 23.4 Å². The van der Waals surface area contributed by atoms with Crippen molar-refractivity contribution >= 4 is 45.1 Å². The number of furan rings is 1. The topological polar surface area (TPSA) is 68.5 Å². The third-order valence-electron chi connectivity index (χ3n) is 2.43. The minimum Gasteiger partial charge on any atom is -0.465 e. The van der Waals surface area contributed by atoms with E-state index >= 15 is 0 Å². The lowest BCUT2D eigenvalue weighted by molar-refractivity contribution is 0.0600. The number of hydrogen-bond acceptors (Lipinski definition) is 4. The minimum absolute atomic E-state index is 0.122. The Kier molecular flexibility index (Phi) is 4.46. The number of ether oxygens (including phenoxy) is 1. The lowest BCUT2D eigenvalue weighted by atomic mass is 10.2. The molecule has 104 valence electrons. The van der Waals surface area contributed by atoms with Gasteiger partial charge in [-0.05, 0) is 46.3 Å². The van der Waals surface area contributed by atoms with Crippen LogP contribution in [0.1, 0.15) is 20.9 Å². The van der Waals surface area contributed by atoms with Crippen molar-refractivity contribution in [2.24, 2.45) is 0 Å². The summed E-state index contributed by atoms with van der Waals surface area (Å²) in [5, 5.41) is 2.87. The molecule has 0 fully saturated rings. The molecule has 0 spiro atoms. The normalized spacial score (nSPS) is 10.2. The Balaban J connectivity index is 2.24. The van der Waals surface area contributed by atoms with Gasteiger partial charge in [0, 0.05) is 0 Å². The zero-order valence-corrected chi connectivity index (χ0v) is 12.6. The van der Waals surface area contributed by atoms with Crippen LogP contribution < -0.4 is 5.32 Å². The first-order valence-electron chi connectivity index (χ1n) is 5.46. The van der Waals surface area contributed by atoms with E-state index in [1.54, 1.807) is 6.07 Å². The minimum atomic E-state index is -0.516. The van der Waals surface area contributed by atoms with Crippen LogP contribution in [0, 0.1) is 0 Å². The van der Waals surface area contributed by atoms with Crippen molar-refractivity contribution in [2.75, 3.05) is 12.4 Å². The number of anilines is 1. The number of methoxy groups -OCH3 is 1. The molecule has 0 unspecified atom stereocenters. The van der Waals surface area contributed by atoms with Gasteiger partial charge in [-0.25, -0.2) is 4.79 Å². The molecule has 1 aromatic carbocycles. The highest BCUT2D eigenvalue weighted by atomic mass is 79.9. The van der Waals surface area contributed by atoms with Crippen LogP contribution in [-0.2, 0) is 4.74 Å². The quantitative estimate of drug-likeness (QED) is 0.849. The highest BCUT2D eigenvalue weighted by Gasteiger charge is 2.14. The molecular formula is C13H9BrClNO4. The van der Waals surface area contributed by atoms with Gasteiger partial charge in [0.25, 0.3) is 5.91 Å². The molecule has 7 heteroatoms. The van der Waals surface area contributed by atoms with Gasteiger partial charge in [0.15, 0.2) is 10.4 Å². The number of halogens is 2. The highest BCUT2D eigenvalue weighted by molar-refractivity contribution is 9.10. The zero-order chi connectivity index (χ0) is 14.7. The van der Waals surface area contributed by atoms with Gasteiger partial charge in [0.2, 0.25) is 0 Å². The second kappa shape index (κ2) is 6.11. The van der Waals surface area contributed by atoms with Crippen molar-refractivity contribution in [3.05, 3.63) is 51.3 Å². The molecule has 5 nitrogen and oxygen atoms in total. The molecule has 1 N–H and O–H groups in total. The molecule has 0 aliphatic carbocycles. The monoisotopic (exact) mass is 357 g/mol. The smallest absolute Gasteiger partial charge is 0.337 e. The summed E-state index contributed by atoms with van der Waals surface area (Å²) in [6.45, 7) is 0. The van der Waals surface area contributed by atoms with Gasteiger partial charge in [-0.2, -0.15) is 0 Å². The molecule has 2 rings (SSSR count). The molecule has 2 aromatic rings. The SMILES string of the molecule is COC(=O)c1ccc(Cl)c(NC(=O)c2ccc(Br)o2)c1. The van der Waals surface area contributed by atoms with Crippen LogP contribution in [-0.4, -0.2) is 19.0 Å². The first-order chi connectivity index (χ1) is 9.51. The summed E-state index contributed by atoms with van der Waals surface area (Å²) >= 11 is 9.08. The van der Waals surface area contributed by atoms with Gasteiger partial charge in [-0.3, -0.25) is 4.79 Å². The summed E-state index contributed by atoms with van der Waals surface area (Å²) in [6, 6.07) is 7.55. The molecule has 0 atom stereocenters. The van der Waals surface area contributed by atoms with Crippen molar-refractivity contribution in [2.45, 2.75) is 0 Å². The van der Waals surface area contributed by atoms with E-state index in [-0.39, 0.29) is 11.3 Å². The van der Waals surface area contributed by atoms with E-state index in [4.69, 9.17) is 16.0 Å². The van der Waals surface area contributed by atoms with Crippen molar-refractivity contribution in [1.82, 2.24) is 0 Å². The fourth-order valence-corrected chi connectivity index (χ4v) is 1.96. The second-order valence-corrected chi connectivity index (χ2v) is 4.93. The average Bonchev–Trinajstić information content (AvgIpc) is 2.87. The maximum Gasteiger partial charge on any atom is 0.337 e. The molecular weight excluding hydrogens is 350 g/mol. The van der Waals surface area contributed by atoms with Gasteiger partial charge >= 0.3 is 5.97 Å². The summed E-state index contributed by atoms with van der Waals surface area (Å²) in [6.07, 6.45) is 0. The van der Waals surface area contributed by atoms with Crippen LogP contribution in [0.3, 0.4) is 0 Å². The van der Waals surface area contributed by atoms with Crippen LogP contribution in [0.25, 0.3) is 0 Å². The summed E-state index contributed by atoms with van der Waals surface area (Å²) < 4.78 is 10.2. The Morgan fingerprint density at radius 2 is 2.05 bits per heavy atom. The van der Waals surface area contributed by atoms with Gasteiger partial charge in [-0.1, -0.05) is 11.6 Å². The Labute approximate surface area is 128 Å². The summed E-state index contributed by atoms with van der Waals surface area (Å²) in [4.78, 5) is 23.4. The van der Waals surface area contributed by atoms with E-state index in [2.05, 4.69) is 26.0 Å². The summed E-state index contributed by atoms with van der Waals surface area (Å²) in [5.41, 5.74) is 0.583. The Bertz CT molecular complexity index is 668. The van der Waals surface area contributed by atoms with E-state index in [0.717, 1.165) is 0 Å². The Morgan fingerprint density at radius 1 is 1.30 bits per heavy atom. The Hall–Kier alpha value is -1.79. The van der Waals surface area contributed by atoms with E-state index < -0.39 is 11.9 Å². The van der Waals surface area contributed by atoms with E-state index in [1.165, 1.54) is 31.4 Å². The molecule has 0 bridgehead atoms. The molecule has 1 heterocycles. The number of benzene rings is 1. The maximum atomic E-state index is 11.9. The first-order valence-corrected chi connectivity index (χ1v) is 6.63. The van der Waals surface area contributed by atoms with E-state index in [0.29, 0.717) is 15.4 Å². The molecule has 20 heavy (non-hydrogen) atoms. The number of carbonyl (C=O) groups excluding carboxylic acids is 2. The van der Waals surface area contributed by atoms with Gasteiger partial charge in [0.1, 0.15) is 0 Å². The lowest BCUT2D eigenvalue weighted by Gasteiger charge is -2.07. The van der Waals surface area contributed by atoms with Crippen LogP contribution in [0.4, 0.5) is 5.69 Å². The van der Waals surface area contributed by atoms with Gasteiger partial charge < -0.3 is 14.5 Å². The number of nitrogens with one attached hydrogen (secondary N) is 1. The number of rotatable bonds is 3. The largest absolute Gasteiger partial charge is 0.465 e. The maximum absolute atomic E-state index is 11.9. The van der Waals surface area contributed by atoms with Crippen molar-refractivity contribution in [3.8, 4) is 0 Å². The van der Waals surface area contributed by atoms with Crippen molar-refractivity contribution < 1.29 is 18.7 Å². The van der Waals surface area contributed by atoms with Crippen LogP contribution >= 0.6 is 27.5 Å². The van der Waals surface area contributed by atoms with Crippen molar-refractivity contribution in [1.29, 1.82) is 0 Å². The molecule has 0 aliphatic heterocycles. The average molecular weight is 359 g/mol. The van der Waals surface area contributed by atoms with Crippen LogP contribution in [0.15, 0.2) is 39.4 Å². The molecule has 0 saturated heterocycles. The van der Waals surface area contributed by atoms with E-state index in [1.807, 2.05) is 0 Å². The highest BCUT2D eigenvalue weighted by Crippen LogP contribution is 2.24. The number of amides is 1. The first kappa shape index (κ1) is 14.6. The molecule has 1 aromatic heterocycles. The summed E-state index contributed by atoms with van der Waals surface area (Å²) in [5.74, 6) is -0.867. The molecule has 0 radical (unpaired) electrons. The Morgan fingerprint density at radius 3 is 2.65 bits per heavy atom. The molecule has 1 amide bonds. The third-order valence-corrected chi connectivity index (χ3v) is 3.19. The van der Waals surface area contributed by atoms with Crippen LogP contribution in [0.2, 0.25) is 5.02 Å². The predicted octanol–water partition coefficient (Wildman–Crippen LogP) is 3.73. The predicted molar refractivity (Wildman–Crippen MR) is 77.2 cm³/mol. The van der Waals surface area contributed by atoms with Crippen LogP contribution in [0.5, 0.6) is 0 Å². The second-order valence-electron chi connectivity index (χ2n) is 3.74. The number of esters is 1. The number of carbonyl (C=O) groups is 2. The molecule has 0 aliphatic rings. The fraction of sp³-hybridized carbons (Fsp3) is 0.0769. The standard InChI is InChI=1S/C13H9BrClNO4/c1-19-13(18)7-2-3-8(15)9(6-7)16-12(17)10-4-5-11(14)20-10/h2-6H,1H3,(H,16,17). The zero-order valence-electron chi connectivity index (χ0n) is 10.3. The lowest BCUT2D eigenvalue weighted by Crippen LogP contribution is -2.12. The third kappa shape index (κ3) is 3.20. The summed E-state index contributed by atoms with van der Waals surface area (Å²) in [7, 11) is 1.27. The fourth-order valence-electron chi connectivity index (χ4n) is 1.49. The van der Waals surface area contributed by atoms with Crippen molar-refractivity contribution in [3.63, 3.8) is 0 Å².